The molecule has 4 heteroatoms. The molecule has 0 saturated heterocycles. The number of hydrogen-bond acceptors (Lipinski definition) is 2. The quantitative estimate of drug-likeness (QED) is 0.657. The second-order valence-electron chi connectivity index (χ2n) is 3.12. The molecular formula is C9H13ClN2O. The van der Waals surface area contributed by atoms with Crippen molar-refractivity contribution in [3.8, 4) is 0 Å². The summed E-state index contributed by atoms with van der Waals surface area (Å²) in [5.41, 5.74) is 6.37. The van der Waals surface area contributed by atoms with Gasteiger partial charge in [-0.1, -0.05) is 24.6 Å². The Morgan fingerprint density at radius 1 is 1.69 bits per heavy atom. The molecule has 1 aliphatic rings. The molecule has 1 aliphatic carbocycles. The topological polar surface area (TPSA) is 55.1 Å². The normalized spacial score (nSPS) is 27.7. The van der Waals surface area contributed by atoms with Crippen LogP contribution in [0.4, 0.5) is 0 Å². The van der Waals surface area contributed by atoms with Crippen LogP contribution in [0.5, 0.6) is 0 Å². The van der Waals surface area contributed by atoms with Crippen LogP contribution in [-0.2, 0) is 4.79 Å². The van der Waals surface area contributed by atoms with Crippen LogP contribution in [0, 0.1) is 5.92 Å². The van der Waals surface area contributed by atoms with Gasteiger partial charge in [0.05, 0.1) is 0 Å². The largest absolute Gasteiger partial charge is 0.355 e. The number of likely N-dealkylation sites (N-methyl/N-ethyl adjacent to an activating group) is 1. The van der Waals surface area contributed by atoms with Gasteiger partial charge in [-0.2, -0.15) is 0 Å². The fourth-order valence-corrected chi connectivity index (χ4v) is 1.61. The van der Waals surface area contributed by atoms with Crippen LogP contribution in [0.2, 0.25) is 0 Å². The van der Waals surface area contributed by atoms with Gasteiger partial charge < -0.3 is 11.1 Å². The lowest BCUT2D eigenvalue weighted by molar-refractivity contribution is -0.117. The molecule has 0 radical (unpaired) electrons. The molecule has 0 aromatic heterocycles. The van der Waals surface area contributed by atoms with Crippen molar-refractivity contribution in [3.63, 3.8) is 0 Å². The third-order valence-electron chi connectivity index (χ3n) is 2.13. The second kappa shape index (κ2) is 3.94. The van der Waals surface area contributed by atoms with Gasteiger partial charge in [-0.15, -0.1) is 0 Å². The maximum atomic E-state index is 11.3. The van der Waals surface area contributed by atoms with Crippen molar-refractivity contribution in [2.24, 2.45) is 11.7 Å². The van der Waals surface area contributed by atoms with E-state index in [1.165, 1.54) is 0 Å². The van der Waals surface area contributed by atoms with Crippen molar-refractivity contribution in [1.82, 2.24) is 5.32 Å². The average Bonchev–Trinajstić information content (AvgIpc) is 2.10. The summed E-state index contributed by atoms with van der Waals surface area (Å²) in [6.45, 7) is 1.93. The number of amides is 1. The molecule has 0 bridgehead atoms. The summed E-state index contributed by atoms with van der Waals surface area (Å²) in [6.07, 6.45) is 3.46. The van der Waals surface area contributed by atoms with Crippen LogP contribution in [0.25, 0.3) is 0 Å². The summed E-state index contributed by atoms with van der Waals surface area (Å²) in [5.74, 6) is -0.0598. The Morgan fingerprint density at radius 3 is 2.85 bits per heavy atom. The third kappa shape index (κ3) is 2.11. The summed E-state index contributed by atoms with van der Waals surface area (Å²) in [7, 11) is 1.58. The molecule has 1 amide bonds. The van der Waals surface area contributed by atoms with Gasteiger partial charge >= 0.3 is 0 Å². The zero-order valence-electron chi connectivity index (χ0n) is 7.67. The van der Waals surface area contributed by atoms with Crippen LogP contribution >= 0.6 is 11.6 Å². The lowest BCUT2D eigenvalue weighted by atomic mass is 9.90. The summed E-state index contributed by atoms with van der Waals surface area (Å²) < 4.78 is 0. The molecule has 3 N–H and O–H groups in total. The zero-order valence-corrected chi connectivity index (χ0v) is 8.43. The van der Waals surface area contributed by atoms with Crippen molar-refractivity contribution < 1.29 is 4.79 Å². The first-order valence-electron chi connectivity index (χ1n) is 4.13. The number of halogens is 1. The number of rotatable bonds is 1. The number of nitrogens with two attached hydrogens (primary N) is 1. The molecule has 2 atom stereocenters. The molecule has 13 heavy (non-hydrogen) atoms. The molecule has 0 fully saturated rings. The first-order chi connectivity index (χ1) is 6.06. The molecule has 1 rings (SSSR count). The smallest absolute Gasteiger partial charge is 0.248 e. The predicted molar refractivity (Wildman–Crippen MR) is 53.2 cm³/mol. The van der Waals surface area contributed by atoms with Gasteiger partial charge in [-0.25, -0.2) is 0 Å². The minimum Gasteiger partial charge on any atom is -0.355 e. The molecule has 0 saturated carbocycles. The van der Waals surface area contributed by atoms with E-state index in [0.717, 1.165) is 0 Å². The summed E-state index contributed by atoms with van der Waals surface area (Å²) in [4.78, 5) is 11.3. The van der Waals surface area contributed by atoms with Crippen LogP contribution in [-0.4, -0.2) is 19.0 Å². The summed E-state index contributed by atoms with van der Waals surface area (Å²) in [6, 6.07) is -0.262. The van der Waals surface area contributed by atoms with Gasteiger partial charge in [0, 0.05) is 23.7 Å². The van der Waals surface area contributed by atoms with Crippen LogP contribution in [0.15, 0.2) is 22.8 Å². The zero-order chi connectivity index (χ0) is 10.0. The molecule has 3 nitrogen and oxygen atoms in total. The van der Waals surface area contributed by atoms with E-state index in [1.807, 2.05) is 13.0 Å². The summed E-state index contributed by atoms with van der Waals surface area (Å²) >= 11 is 5.82. The monoisotopic (exact) mass is 200 g/mol. The Bertz CT molecular complexity index is 283. The lowest BCUT2D eigenvalue weighted by Crippen LogP contribution is -2.38. The predicted octanol–water partition coefficient (Wildman–Crippen LogP) is 0.758. The number of hydrogen-bond donors (Lipinski definition) is 2. The van der Waals surface area contributed by atoms with Crippen molar-refractivity contribution in [1.29, 1.82) is 0 Å². The van der Waals surface area contributed by atoms with E-state index in [9.17, 15) is 4.79 Å². The number of carbonyl (C=O) groups is 1. The van der Waals surface area contributed by atoms with Crippen LogP contribution in [0.1, 0.15) is 6.92 Å². The van der Waals surface area contributed by atoms with Gasteiger partial charge in [0.25, 0.3) is 0 Å². The van der Waals surface area contributed by atoms with Crippen molar-refractivity contribution >= 4 is 17.5 Å². The van der Waals surface area contributed by atoms with E-state index in [0.29, 0.717) is 10.6 Å². The van der Waals surface area contributed by atoms with Crippen molar-refractivity contribution in [3.05, 3.63) is 22.8 Å². The highest BCUT2D eigenvalue weighted by molar-refractivity contribution is 6.31. The molecule has 0 aliphatic heterocycles. The van der Waals surface area contributed by atoms with Gasteiger partial charge in [0.1, 0.15) is 0 Å². The van der Waals surface area contributed by atoms with E-state index < -0.39 is 0 Å². The van der Waals surface area contributed by atoms with Crippen LogP contribution in [0.3, 0.4) is 0 Å². The Balaban J connectivity index is 2.95. The third-order valence-corrected chi connectivity index (χ3v) is 2.37. The number of carbonyl (C=O) groups excluding carboxylic acids is 1. The van der Waals surface area contributed by atoms with E-state index in [4.69, 9.17) is 17.3 Å². The van der Waals surface area contributed by atoms with E-state index in [1.54, 1.807) is 13.1 Å². The van der Waals surface area contributed by atoms with Gasteiger partial charge in [0.2, 0.25) is 5.91 Å². The first-order valence-corrected chi connectivity index (χ1v) is 4.50. The minimum atomic E-state index is -0.262. The molecular weight excluding hydrogens is 188 g/mol. The lowest BCUT2D eigenvalue weighted by Gasteiger charge is -2.23. The Morgan fingerprint density at radius 2 is 2.31 bits per heavy atom. The van der Waals surface area contributed by atoms with Gasteiger partial charge in [-0.05, 0) is 12.0 Å². The molecule has 72 valence electrons. The van der Waals surface area contributed by atoms with Gasteiger partial charge in [-0.3, -0.25) is 4.79 Å². The SMILES string of the molecule is CNC(=O)C1=CC(Cl)=CC(C)C1N. The fraction of sp³-hybridized carbons (Fsp3) is 0.444. The first kappa shape index (κ1) is 10.3. The average molecular weight is 201 g/mol. The van der Waals surface area contributed by atoms with Crippen molar-refractivity contribution in [2.45, 2.75) is 13.0 Å². The molecule has 0 aromatic rings. The highest BCUT2D eigenvalue weighted by Crippen LogP contribution is 2.23. The summed E-state index contributed by atoms with van der Waals surface area (Å²) in [5, 5.41) is 3.11. The highest BCUT2D eigenvalue weighted by atomic mass is 35.5. The Kier molecular flexibility index (Phi) is 3.12. The Labute approximate surface area is 82.6 Å². The number of nitrogens with one attached hydrogen (secondary N) is 1. The number of allylic oxidation sites excluding steroid dienone is 2. The van der Waals surface area contributed by atoms with E-state index >= 15 is 0 Å². The van der Waals surface area contributed by atoms with Crippen molar-refractivity contribution in [2.75, 3.05) is 7.05 Å². The van der Waals surface area contributed by atoms with Gasteiger partial charge in [0.15, 0.2) is 0 Å². The van der Waals surface area contributed by atoms with E-state index in [-0.39, 0.29) is 17.9 Å². The highest BCUT2D eigenvalue weighted by Gasteiger charge is 2.24. The fourth-order valence-electron chi connectivity index (χ4n) is 1.29. The second-order valence-corrected chi connectivity index (χ2v) is 3.55. The Hall–Kier alpha value is -0.800. The minimum absolute atomic E-state index is 0.102. The molecule has 0 heterocycles. The molecule has 0 spiro atoms. The standard InChI is InChI=1S/C9H13ClN2O/c1-5-3-6(10)4-7(8(5)11)9(13)12-2/h3-5,8H,11H2,1-2H3,(H,12,13). The molecule has 2 unspecified atom stereocenters. The maximum absolute atomic E-state index is 11.3. The van der Waals surface area contributed by atoms with E-state index in [2.05, 4.69) is 5.32 Å². The maximum Gasteiger partial charge on any atom is 0.248 e. The van der Waals surface area contributed by atoms with Crippen LogP contribution < -0.4 is 11.1 Å². The molecule has 0 aromatic carbocycles.